The molecule has 0 bridgehead atoms. The van der Waals surface area contributed by atoms with Gasteiger partial charge in [-0.2, -0.15) is 0 Å². The van der Waals surface area contributed by atoms with E-state index >= 15 is 0 Å². The summed E-state index contributed by atoms with van der Waals surface area (Å²) < 4.78 is 0. The van der Waals surface area contributed by atoms with Gasteiger partial charge in [-0.25, -0.2) is 0 Å². The maximum Gasteiger partial charge on any atom is 0.0372 e. The predicted molar refractivity (Wildman–Crippen MR) is 77.9 cm³/mol. The molecule has 2 nitrogen and oxygen atoms in total. The molecule has 1 unspecified atom stereocenters. The molecule has 0 aromatic heterocycles. The maximum atomic E-state index is 3.44. The van der Waals surface area contributed by atoms with Gasteiger partial charge in [-0.1, -0.05) is 32.0 Å². The van der Waals surface area contributed by atoms with Gasteiger partial charge >= 0.3 is 0 Å². The molecule has 1 N–H and O–H groups in total. The first kappa shape index (κ1) is 13.6. The predicted octanol–water partition coefficient (Wildman–Crippen LogP) is 2.91. The Bertz CT molecular complexity index is 392. The number of nitrogens with zero attached hydrogens (tertiary/aromatic N) is 1. The first-order valence-corrected chi connectivity index (χ1v) is 7.11. The highest BCUT2D eigenvalue weighted by Crippen LogP contribution is 2.29. The Labute approximate surface area is 111 Å². The van der Waals surface area contributed by atoms with Crippen molar-refractivity contribution in [2.75, 3.05) is 26.2 Å². The zero-order valence-corrected chi connectivity index (χ0v) is 12.2. The van der Waals surface area contributed by atoms with Crippen LogP contribution in [-0.4, -0.2) is 31.1 Å². The number of rotatable bonds is 3. The van der Waals surface area contributed by atoms with Crippen LogP contribution in [0, 0.1) is 19.8 Å². The maximum absolute atomic E-state index is 3.44. The Morgan fingerprint density at radius 2 is 1.72 bits per heavy atom. The highest BCUT2D eigenvalue weighted by molar-refractivity contribution is 5.32. The molecule has 1 aromatic rings. The molecule has 1 fully saturated rings. The Morgan fingerprint density at radius 1 is 1.06 bits per heavy atom. The third-order valence-electron chi connectivity index (χ3n) is 4.05. The van der Waals surface area contributed by atoms with Crippen LogP contribution in [-0.2, 0) is 0 Å². The van der Waals surface area contributed by atoms with Gasteiger partial charge in [-0.3, -0.25) is 4.90 Å². The van der Waals surface area contributed by atoms with E-state index in [1.165, 1.54) is 16.7 Å². The third kappa shape index (κ3) is 2.93. The summed E-state index contributed by atoms with van der Waals surface area (Å²) in [4.78, 5) is 2.63. The van der Waals surface area contributed by atoms with Crippen molar-refractivity contribution in [3.05, 3.63) is 34.9 Å². The van der Waals surface area contributed by atoms with Crippen LogP contribution >= 0.6 is 0 Å². The van der Waals surface area contributed by atoms with Gasteiger partial charge in [0.05, 0.1) is 0 Å². The van der Waals surface area contributed by atoms with Gasteiger partial charge in [0.25, 0.3) is 0 Å². The SMILES string of the molecule is Cc1ccc(C(C(C)C)N2CCNCC2)cc1C. The molecule has 1 saturated heterocycles. The quantitative estimate of drug-likeness (QED) is 0.882. The molecule has 0 saturated carbocycles. The largest absolute Gasteiger partial charge is 0.314 e. The number of piperazine rings is 1. The average Bonchev–Trinajstić information content (AvgIpc) is 2.35. The molecule has 1 aliphatic rings. The summed E-state index contributed by atoms with van der Waals surface area (Å²) in [6, 6.07) is 7.52. The van der Waals surface area contributed by atoms with Crippen molar-refractivity contribution in [2.45, 2.75) is 33.7 Å². The first-order valence-electron chi connectivity index (χ1n) is 7.11. The smallest absolute Gasteiger partial charge is 0.0372 e. The summed E-state index contributed by atoms with van der Waals surface area (Å²) in [5, 5.41) is 3.44. The molecule has 0 amide bonds. The molecule has 2 rings (SSSR count). The molecule has 2 heteroatoms. The van der Waals surface area contributed by atoms with Gasteiger partial charge in [-0.15, -0.1) is 0 Å². The van der Waals surface area contributed by atoms with E-state index in [-0.39, 0.29) is 0 Å². The van der Waals surface area contributed by atoms with Crippen LogP contribution in [0.15, 0.2) is 18.2 Å². The van der Waals surface area contributed by atoms with Crippen LogP contribution < -0.4 is 5.32 Å². The molecule has 100 valence electrons. The number of benzene rings is 1. The first-order chi connectivity index (χ1) is 8.59. The summed E-state index contributed by atoms with van der Waals surface area (Å²) in [6.45, 7) is 13.6. The minimum absolute atomic E-state index is 0.561. The molecular formula is C16H26N2. The molecule has 1 aromatic carbocycles. The van der Waals surface area contributed by atoms with Crippen molar-refractivity contribution in [2.24, 2.45) is 5.92 Å². The topological polar surface area (TPSA) is 15.3 Å². The highest BCUT2D eigenvalue weighted by atomic mass is 15.2. The van der Waals surface area contributed by atoms with Crippen LogP contribution in [0.5, 0.6) is 0 Å². The van der Waals surface area contributed by atoms with Crippen molar-refractivity contribution >= 4 is 0 Å². The molecule has 1 aliphatic heterocycles. The second-order valence-electron chi connectivity index (χ2n) is 5.82. The van der Waals surface area contributed by atoms with Gasteiger partial charge in [0.15, 0.2) is 0 Å². The lowest BCUT2D eigenvalue weighted by Crippen LogP contribution is -2.46. The van der Waals surface area contributed by atoms with Crippen molar-refractivity contribution in [1.29, 1.82) is 0 Å². The van der Waals surface area contributed by atoms with E-state index in [2.05, 4.69) is 56.1 Å². The minimum atomic E-state index is 0.561. The molecule has 0 spiro atoms. The third-order valence-corrected chi connectivity index (χ3v) is 4.05. The van der Waals surface area contributed by atoms with E-state index in [0.29, 0.717) is 12.0 Å². The molecule has 0 radical (unpaired) electrons. The van der Waals surface area contributed by atoms with Crippen molar-refractivity contribution < 1.29 is 0 Å². The number of aryl methyl sites for hydroxylation is 2. The minimum Gasteiger partial charge on any atom is -0.314 e. The lowest BCUT2D eigenvalue weighted by molar-refractivity contribution is 0.137. The zero-order chi connectivity index (χ0) is 13.1. The number of nitrogens with one attached hydrogen (secondary N) is 1. The van der Waals surface area contributed by atoms with Crippen molar-refractivity contribution in [1.82, 2.24) is 10.2 Å². The van der Waals surface area contributed by atoms with Crippen LogP contribution in [0.25, 0.3) is 0 Å². The lowest BCUT2D eigenvalue weighted by atomic mass is 9.91. The Kier molecular flexibility index (Phi) is 4.41. The second kappa shape index (κ2) is 5.85. The monoisotopic (exact) mass is 246 g/mol. The number of hydrogen-bond donors (Lipinski definition) is 1. The summed E-state index contributed by atoms with van der Waals surface area (Å²) in [7, 11) is 0. The molecule has 1 heterocycles. The van der Waals surface area contributed by atoms with Crippen LogP contribution in [0.2, 0.25) is 0 Å². The lowest BCUT2D eigenvalue weighted by Gasteiger charge is -2.37. The van der Waals surface area contributed by atoms with E-state index in [0.717, 1.165) is 26.2 Å². The van der Waals surface area contributed by atoms with E-state index in [4.69, 9.17) is 0 Å². The summed E-state index contributed by atoms with van der Waals surface area (Å²) >= 11 is 0. The van der Waals surface area contributed by atoms with E-state index in [1.807, 2.05) is 0 Å². The fourth-order valence-corrected chi connectivity index (χ4v) is 2.93. The summed E-state index contributed by atoms with van der Waals surface area (Å²) in [5.41, 5.74) is 4.28. The highest BCUT2D eigenvalue weighted by Gasteiger charge is 2.24. The summed E-state index contributed by atoms with van der Waals surface area (Å²) in [5.74, 6) is 0.658. The van der Waals surface area contributed by atoms with Crippen LogP contribution in [0.4, 0.5) is 0 Å². The second-order valence-corrected chi connectivity index (χ2v) is 5.82. The van der Waals surface area contributed by atoms with Crippen molar-refractivity contribution in [3.8, 4) is 0 Å². The molecule has 18 heavy (non-hydrogen) atoms. The number of hydrogen-bond acceptors (Lipinski definition) is 2. The van der Waals surface area contributed by atoms with E-state index < -0.39 is 0 Å². The normalized spacial score (nSPS) is 19.2. The average molecular weight is 246 g/mol. The fourth-order valence-electron chi connectivity index (χ4n) is 2.93. The van der Waals surface area contributed by atoms with E-state index in [9.17, 15) is 0 Å². The zero-order valence-electron chi connectivity index (χ0n) is 12.2. The van der Waals surface area contributed by atoms with Crippen LogP contribution in [0.1, 0.15) is 36.6 Å². The van der Waals surface area contributed by atoms with E-state index in [1.54, 1.807) is 0 Å². The van der Waals surface area contributed by atoms with Gasteiger partial charge in [-0.05, 0) is 36.5 Å². The fraction of sp³-hybridized carbons (Fsp3) is 0.625. The Balaban J connectivity index is 2.25. The Hall–Kier alpha value is -0.860. The van der Waals surface area contributed by atoms with Gasteiger partial charge in [0.2, 0.25) is 0 Å². The molecule has 1 atom stereocenters. The molecular weight excluding hydrogens is 220 g/mol. The summed E-state index contributed by atoms with van der Waals surface area (Å²) in [6.07, 6.45) is 0. The standard InChI is InChI=1S/C16H26N2/c1-12(2)16(18-9-7-17-8-10-18)15-6-5-13(3)14(4)11-15/h5-6,11-12,16-17H,7-10H2,1-4H3. The van der Waals surface area contributed by atoms with Crippen LogP contribution in [0.3, 0.4) is 0 Å². The van der Waals surface area contributed by atoms with Crippen molar-refractivity contribution in [3.63, 3.8) is 0 Å². The van der Waals surface area contributed by atoms with Gasteiger partial charge in [0.1, 0.15) is 0 Å². The molecule has 0 aliphatic carbocycles. The Morgan fingerprint density at radius 3 is 2.28 bits per heavy atom. The van der Waals surface area contributed by atoms with Gasteiger partial charge in [0, 0.05) is 32.2 Å². The van der Waals surface area contributed by atoms with Gasteiger partial charge < -0.3 is 5.32 Å².